The van der Waals surface area contributed by atoms with Crippen molar-refractivity contribution >= 4 is 47.4 Å². The molecule has 2 atom stereocenters. The minimum atomic E-state index is -0.994. The van der Waals surface area contributed by atoms with Crippen molar-refractivity contribution in [3.05, 3.63) is 111 Å². The second-order valence-electron chi connectivity index (χ2n) is 18.5. The van der Waals surface area contributed by atoms with E-state index in [1.807, 2.05) is 61.7 Å². The highest BCUT2D eigenvalue weighted by molar-refractivity contribution is 6.30. The van der Waals surface area contributed by atoms with Crippen LogP contribution in [0.3, 0.4) is 0 Å². The van der Waals surface area contributed by atoms with E-state index in [0.29, 0.717) is 46.9 Å². The van der Waals surface area contributed by atoms with Gasteiger partial charge in [-0.15, -0.1) is 0 Å². The van der Waals surface area contributed by atoms with Gasteiger partial charge in [-0.1, -0.05) is 43.6 Å². The molecule has 0 radical (unpaired) electrons. The minimum Gasteiger partial charge on any atom is -0.487 e. The van der Waals surface area contributed by atoms with Crippen molar-refractivity contribution in [2.45, 2.75) is 83.8 Å². The Balaban J connectivity index is 0.772. The summed E-state index contributed by atoms with van der Waals surface area (Å²) in [6.07, 6.45) is 8.18. The third-order valence-corrected chi connectivity index (χ3v) is 14.3. The third-order valence-electron chi connectivity index (χ3n) is 14.0. The summed E-state index contributed by atoms with van der Waals surface area (Å²) >= 11 is 6.31. The zero-order chi connectivity index (χ0) is 45.0. The molecule has 14 heteroatoms. The molecule has 13 nitrogen and oxygen atoms in total. The molecule has 4 aromatic rings. The van der Waals surface area contributed by atoms with Gasteiger partial charge in [0.1, 0.15) is 18.4 Å². The van der Waals surface area contributed by atoms with Crippen molar-refractivity contribution in [2.24, 2.45) is 17.8 Å². The Kier molecular flexibility index (Phi) is 13.6. The van der Waals surface area contributed by atoms with Crippen LogP contribution in [-0.2, 0) is 26.4 Å². The van der Waals surface area contributed by atoms with Crippen LogP contribution in [0.1, 0.15) is 97.1 Å². The Morgan fingerprint density at radius 1 is 0.922 bits per heavy atom. The normalized spacial score (nSPS) is 20.2. The number of anilines is 2. The van der Waals surface area contributed by atoms with Crippen molar-refractivity contribution in [3.8, 4) is 11.8 Å². The van der Waals surface area contributed by atoms with E-state index in [-0.39, 0.29) is 18.3 Å². The first-order chi connectivity index (χ1) is 30.9. The molecular formula is C50H57ClN8O5. The average Bonchev–Trinajstić information content (AvgIpc) is 3.78. The first-order valence-electron chi connectivity index (χ1n) is 22.6. The van der Waals surface area contributed by atoms with Crippen LogP contribution >= 0.6 is 11.6 Å². The van der Waals surface area contributed by atoms with Gasteiger partial charge < -0.3 is 19.4 Å². The number of hydrogen-bond acceptors (Lipinski definition) is 11. The number of amides is 4. The molecule has 4 fully saturated rings. The molecule has 334 valence electrons. The van der Waals surface area contributed by atoms with Crippen LogP contribution in [-0.4, -0.2) is 95.8 Å². The molecule has 8 rings (SSSR count). The summed E-state index contributed by atoms with van der Waals surface area (Å²) in [5.41, 5.74) is 5.18. The number of aromatic nitrogens is 2. The summed E-state index contributed by atoms with van der Waals surface area (Å²) in [5.74, 6) is 1.93. The van der Waals surface area contributed by atoms with E-state index in [1.165, 1.54) is 12.8 Å². The van der Waals surface area contributed by atoms with Gasteiger partial charge in [0.2, 0.25) is 24.2 Å². The van der Waals surface area contributed by atoms with Gasteiger partial charge in [0.15, 0.2) is 0 Å². The summed E-state index contributed by atoms with van der Waals surface area (Å²) in [6.45, 7) is 13.4. The van der Waals surface area contributed by atoms with Crippen LogP contribution in [0.15, 0.2) is 72.9 Å². The molecule has 4 saturated heterocycles. The number of nitrogens with one attached hydrogen (secondary N) is 1. The fraction of sp³-hybridized carbons (Fsp3) is 0.460. The van der Waals surface area contributed by atoms with Crippen LogP contribution in [0.4, 0.5) is 11.6 Å². The van der Waals surface area contributed by atoms with E-state index in [9.17, 15) is 24.4 Å². The quantitative estimate of drug-likeness (QED) is 0.108. The molecule has 1 aromatic heterocycles. The smallest absolute Gasteiger partial charge is 0.261 e. The van der Waals surface area contributed by atoms with Gasteiger partial charge in [0.25, 0.3) is 5.91 Å². The molecule has 64 heavy (non-hydrogen) atoms. The molecule has 0 bridgehead atoms. The Hall–Kier alpha value is -5.84. The van der Waals surface area contributed by atoms with Crippen molar-refractivity contribution < 1.29 is 23.9 Å². The summed E-state index contributed by atoms with van der Waals surface area (Å²) in [7, 11) is 0. The lowest BCUT2D eigenvalue weighted by Gasteiger charge is -2.41. The minimum absolute atomic E-state index is 0.0869. The SMILES string of the molecule is Cc1ccc(N2CCC(C3CCN(CC4CCN(c5nccc(COc6ccc(C(C)(C)c7cc(Cl)cc(C#N)c7)cc6)n5)C4)CC3)CC2)cc1C(=O)N(C=O)C1CCC(=O)NC1=O. The first kappa shape index (κ1) is 44.8. The van der Waals surface area contributed by atoms with E-state index in [1.54, 1.807) is 6.07 Å². The Bertz CT molecular complexity index is 2400. The Labute approximate surface area is 380 Å². The maximum absolute atomic E-state index is 13.6. The van der Waals surface area contributed by atoms with E-state index in [2.05, 4.69) is 57.0 Å². The molecule has 4 aliphatic heterocycles. The monoisotopic (exact) mass is 884 g/mol. The Morgan fingerprint density at radius 3 is 2.34 bits per heavy atom. The summed E-state index contributed by atoms with van der Waals surface area (Å²) in [4.78, 5) is 67.5. The van der Waals surface area contributed by atoms with Crippen molar-refractivity contribution in [3.63, 3.8) is 0 Å². The summed E-state index contributed by atoms with van der Waals surface area (Å²) in [5, 5.41) is 12.2. The highest BCUT2D eigenvalue weighted by Gasteiger charge is 2.36. The van der Waals surface area contributed by atoms with Gasteiger partial charge >= 0.3 is 0 Å². The number of rotatable bonds is 13. The molecule has 3 aromatic carbocycles. The lowest BCUT2D eigenvalue weighted by Crippen LogP contribution is -2.54. The topological polar surface area (TPSA) is 152 Å². The number of nitriles is 1. The standard InChI is InChI=1S/C50H57ClN8O5/c1-33-4-7-42(27-44(33)48(63)59(32-60)45-10-11-46(61)55-47(45)62)57-22-16-37(17-23-57)36-14-19-56(20-15-36)29-34-13-21-58(30-34)49-53-18-12-41(54-49)31-64-43-8-5-38(6-9-43)50(2,3)39-24-35(28-52)25-40(51)26-39/h4-9,12,18,24-27,32,34,36-37,45H,10-11,13-17,19-23,29-31H2,1-3H3,(H,55,61,62). The predicted octanol–water partition coefficient (Wildman–Crippen LogP) is 7.07. The fourth-order valence-corrected chi connectivity index (χ4v) is 10.3. The number of carbonyl (C=O) groups excluding carboxylic acids is 4. The van der Waals surface area contributed by atoms with E-state index in [0.717, 1.165) is 110 Å². The van der Waals surface area contributed by atoms with Gasteiger partial charge in [-0.3, -0.25) is 29.4 Å². The van der Waals surface area contributed by atoms with E-state index in [4.69, 9.17) is 21.3 Å². The molecule has 4 aliphatic rings. The highest BCUT2D eigenvalue weighted by Crippen LogP contribution is 2.37. The van der Waals surface area contributed by atoms with Crippen LogP contribution in [0, 0.1) is 36.0 Å². The highest BCUT2D eigenvalue weighted by atomic mass is 35.5. The lowest BCUT2D eigenvalue weighted by atomic mass is 9.78. The van der Waals surface area contributed by atoms with Crippen molar-refractivity contribution in [2.75, 3.05) is 55.6 Å². The number of nitrogens with zero attached hydrogens (tertiary/aromatic N) is 7. The summed E-state index contributed by atoms with van der Waals surface area (Å²) < 4.78 is 6.17. The molecule has 0 aliphatic carbocycles. The van der Waals surface area contributed by atoms with E-state index >= 15 is 0 Å². The number of piperidine rings is 3. The maximum Gasteiger partial charge on any atom is 0.261 e. The van der Waals surface area contributed by atoms with E-state index < -0.39 is 23.8 Å². The van der Waals surface area contributed by atoms with Gasteiger partial charge in [0.05, 0.1) is 17.3 Å². The van der Waals surface area contributed by atoms with Crippen LogP contribution in [0.5, 0.6) is 5.75 Å². The van der Waals surface area contributed by atoms with Gasteiger partial charge in [-0.25, -0.2) is 9.97 Å². The number of aryl methyl sites for hydroxylation is 1. The van der Waals surface area contributed by atoms with Crippen LogP contribution in [0.25, 0.3) is 0 Å². The number of halogens is 1. The zero-order valence-corrected chi connectivity index (χ0v) is 37.7. The maximum atomic E-state index is 13.6. The Morgan fingerprint density at radius 2 is 1.64 bits per heavy atom. The third kappa shape index (κ3) is 10.1. The number of imide groups is 2. The number of hydrogen-bond donors (Lipinski definition) is 1. The largest absolute Gasteiger partial charge is 0.487 e. The van der Waals surface area contributed by atoms with Crippen molar-refractivity contribution in [1.29, 1.82) is 5.26 Å². The second-order valence-corrected chi connectivity index (χ2v) is 18.9. The average molecular weight is 886 g/mol. The molecule has 5 heterocycles. The number of benzene rings is 3. The number of ether oxygens (including phenoxy) is 1. The molecular weight excluding hydrogens is 828 g/mol. The molecule has 0 spiro atoms. The first-order valence-corrected chi connectivity index (χ1v) is 23.0. The van der Waals surface area contributed by atoms with Gasteiger partial charge in [0, 0.05) is 67.0 Å². The number of carbonyl (C=O) groups is 4. The number of likely N-dealkylation sites (tertiary alicyclic amines) is 1. The predicted molar refractivity (Wildman–Crippen MR) is 245 cm³/mol. The van der Waals surface area contributed by atoms with Gasteiger partial charge in [-0.05, 0) is 142 Å². The van der Waals surface area contributed by atoms with Crippen molar-refractivity contribution in [1.82, 2.24) is 25.1 Å². The molecule has 1 N–H and O–H groups in total. The zero-order valence-electron chi connectivity index (χ0n) is 37.0. The van der Waals surface area contributed by atoms with Gasteiger partial charge in [-0.2, -0.15) is 5.26 Å². The second kappa shape index (κ2) is 19.5. The molecule has 0 saturated carbocycles. The fourth-order valence-electron chi connectivity index (χ4n) is 10.1. The van der Waals surface area contributed by atoms with Crippen LogP contribution < -0.4 is 19.9 Å². The lowest BCUT2D eigenvalue weighted by molar-refractivity contribution is -0.139. The molecule has 2 unspecified atom stereocenters. The summed E-state index contributed by atoms with van der Waals surface area (Å²) in [6, 6.07) is 22.4. The molecule has 4 amide bonds. The van der Waals surface area contributed by atoms with Crippen LogP contribution in [0.2, 0.25) is 5.02 Å².